The highest BCUT2D eigenvalue weighted by Crippen LogP contribution is 2.46. The maximum absolute atomic E-state index is 11.2. The van der Waals surface area contributed by atoms with E-state index in [1.165, 1.54) is 6.26 Å². The Labute approximate surface area is 144 Å². The van der Waals surface area contributed by atoms with Gasteiger partial charge in [0, 0.05) is 18.1 Å². The summed E-state index contributed by atoms with van der Waals surface area (Å²) in [5, 5.41) is 48.6. The van der Waals surface area contributed by atoms with Crippen LogP contribution in [0.5, 0.6) is 0 Å². The van der Waals surface area contributed by atoms with Gasteiger partial charge in [0.05, 0.1) is 12.9 Å². The molecule has 0 aromatic rings. The second kappa shape index (κ2) is 7.67. The van der Waals surface area contributed by atoms with Gasteiger partial charge in [0.1, 0.15) is 30.7 Å². The molecule has 9 nitrogen and oxygen atoms in total. The highest BCUT2D eigenvalue weighted by atomic mass is 16.8. The van der Waals surface area contributed by atoms with Crippen LogP contribution in [0, 0.1) is 17.8 Å². The molecule has 1 saturated heterocycles. The number of aldehydes is 1. The molecule has 0 unspecified atom stereocenters. The minimum Gasteiger partial charge on any atom is -0.472 e. The van der Waals surface area contributed by atoms with Crippen molar-refractivity contribution in [3.8, 4) is 0 Å². The van der Waals surface area contributed by atoms with Crippen molar-refractivity contribution in [1.82, 2.24) is 0 Å². The van der Waals surface area contributed by atoms with E-state index in [9.17, 15) is 30.3 Å². The molecule has 3 rings (SSSR count). The fourth-order valence-electron chi connectivity index (χ4n) is 3.99. The van der Waals surface area contributed by atoms with E-state index in [2.05, 4.69) is 0 Å². The summed E-state index contributed by atoms with van der Waals surface area (Å²) in [7, 11) is 0. The lowest BCUT2D eigenvalue weighted by atomic mass is 9.83. The normalized spacial score (nSPS) is 46.9. The molecule has 142 valence electrons. The number of rotatable bonds is 5. The average Bonchev–Trinajstić information content (AvgIpc) is 3.07. The number of hydrogen-bond donors (Lipinski definition) is 5. The molecule has 0 amide bonds. The molecule has 2 aliphatic heterocycles. The third kappa shape index (κ3) is 3.33. The van der Waals surface area contributed by atoms with E-state index in [1.54, 1.807) is 0 Å². The maximum Gasteiger partial charge on any atom is 0.205 e. The molecule has 9 atom stereocenters. The van der Waals surface area contributed by atoms with Crippen molar-refractivity contribution in [3.63, 3.8) is 0 Å². The quantitative estimate of drug-likeness (QED) is 0.347. The van der Waals surface area contributed by atoms with Crippen LogP contribution in [0.4, 0.5) is 0 Å². The number of aliphatic hydroxyl groups excluding tert-OH is 5. The van der Waals surface area contributed by atoms with Crippen molar-refractivity contribution in [2.24, 2.45) is 17.8 Å². The summed E-state index contributed by atoms with van der Waals surface area (Å²) in [6, 6.07) is 0. The number of carbonyl (C=O) groups is 1. The monoisotopic (exact) mass is 360 g/mol. The van der Waals surface area contributed by atoms with E-state index in [0.717, 1.165) is 6.29 Å². The lowest BCUT2D eigenvalue weighted by Gasteiger charge is -2.43. The SMILES string of the molecule is O=CC1=CO[C@@H](O[C@@H]2O[C@H](CO)[C@@H](O)[C@H](O)[C@H]2O)[C@@H]2[C@@H](CO)CC[C@H]12. The fourth-order valence-corrected chi connectivity index (χ4v) is 3.99. The molecule has 0 radical (unpaired) electrons. The van der Waals surface area contributed by atoms with Crippen LogP contribution in [-0.4, -0.2) is 82.0 Å². The Morgan fingerprint density at radius 3 is 2.48 bits per heavy atom. The van der Waals surface area contributed by atoms with Gasteiger partial charge in [0.15, 0.2) is 6.29 Å². The summed E-state index contributed by atoms with van der Waals surface area (Å²) >= 11 is 0. The van der Waals surface area contributed by atoms with Crippen LogP contribution in [0.3, 0.4) is 0 Å². The fraction of sp³-hybridized carbons (Fsp3) is 0.812. The first-order chi connectivity index (χ1) is 12.0. The molecule has 0 aromatic heterocycles. The van der Waals surface area contributed by atoms with Crippen LogP contribution < -0.4 is 0 Å². The van der Waals surface area contributed by atoms with Crippen LogP contribution >= 0.6 is 0 Å². The second-order valence-electron chi connectivity index (χ2n) is 6.78. The van der Waals surface area contributed by atoms with Crippen LogP contribution in [0.1, 0.15) is 12.8 Å². The van der Waals surface area contributed by atoms with Gasteiger partial charge in [-0.15, -0.1) is 0 Å². The van der Waals surface area contributed by atoms with Crippen LogP contribution in [0.25, 0.3) is 0 Å². The lowest BCUT2D eigenvalue weighted by molar-refractivity contribution is -0.342. The molecule has 5 N–H and O–H groups in total. The van der Waals surface area contributed by atoms with Crippen molar-refractivity contribution in [1.29, 1.82) is 0 Å². The van der Waals surface area contributed by atoms with Gasteiger partial charge in [0.2, 0.25) is 6.29 Å². The minimum absolute atomic E-state index is 0.0921. The second-order valence-corrected chi connectivity index (χ2v) is 6.78. The molecular weight excluding hydrogens is 336 g/mol. The van der Waals surface area contributed by atoms with Crippen LogP contribution in [0.15, 0.2) is 11.8 Å². The molecule has 1 aliphatic carbocycles. The van der Waals surface area contributed by atoms with Gasteiger partial charge in [-0.05, 0) is 24.7 Å². The van der Waals surface area contributed by atoms with E-state index < -0.39 is 43.6 Å². The van der Waals surface area contributed by atoms with Gasteiger partial charge in [-0.1, -0.05) is 0 Å². The molecule has 0 aromatic carbocycles. The standard InChI is InChI=1S/C16H24O9/c17-3-7-1-2-9-8(4-18)6-23-15(11(7)9)25-16-14(22)13(21)12(20)10(5-19)24-16/h4,6-7,9-17,19-22H,1-3,5H2/t7-,9-,10-,11-,12-,13+,14-,15+,16+/m1/s1. The predicted octanol–water partition coefficient (Wildman–Crippen LogP) is -2.12. The molecular formula is C16H24O9. The summed E-state index contributed by atoms with van der Waals surface area (Å²) in [6.45, 7) is -0.651. The predicted molar refractivity (Wildman–Crippen MR) is 80.7 cm³/mol. The number of hydrogen-bond acceptors (Lipinski definition) is 9. The highest BCUT2D eigenvalue weighted by Gasteiger charge is 2.50. The van der Waals surface area contributed by atoms with Crippen molar-refractivity contribution in [2.75, 3.05) is 13.2 Å². The molecule has 9 heteroatoms. The average molecular weight is 360 g/mol. The van der Waals surface area contributed by atoms with Crippen molar-refractivity contribution in [2.45, 2.75) is 49.8 Å². The Morgan fingerprint density at radius 2 is 1.84 bits per heavy atom. The Balaban J connectivity index is 1.77. The van der Waals surface area contributed by atoms with Gasteiger partial charge >= 0.3 is 0 Å². The van der Waals surface area contributed by atoms with E-state index >= 15 is 0 Å². The first-order valence-corrected chi connectivity index (χ1v) is 8.39. The van der Waals surface area contributed by atoms with Gasteiger partial charge in [-0.25, -0.2) is 0 Å². The number of allylic oxidation sites excluding steroid dienone is 1. The van der Waals surface area contributed by atoms with E-state index in [1.807, 2.05) is 0 Å². The van der Waals surface area contributed by atoms with E-state index in [-0.39, 0.29) is 24.4 Å². The van der Waals surface area contributed by atoms with Crippen molar-refractivity contribution >= 4 is 6.29 Å². The number of ether oxygens (including phenoxy) is 3. The van der Waals surface area contributed by atoms with Crippen LogP contribution in [-0.2, 0) is 19.0 Å². The van der Waals surface area contributed by atoms with Crippen molar-refractivity contribution < 1.29 is 44.5 Å². The number of fused-ring (bicyclic) bond motifs is 1. The first-order valence-electron chi connectivity index (χ1n) is 8.39. The molecule has 2 fully saturated rings. The first kappa shape index (κ1) is 18.7. The molecule has 25 heavy (non-hydrogen) atoms. The minimum atomic E-state index is -1.55. The summed E-state index contributed by atoms with van der Waals surface area (Å²) in [5.74, 6) is -0.565. The zero-order chi connectivity index (χ0) is 18.1. The van der Waals surface area contributed by atoms with Crippen molar-refractivity contribution in [3.05, 3.63) is 11.8 Å². The molecule has 2 heterocycles. The Morgan fingerprint density at radius 1 is 1.08 bits per heavy atom. The van der Waals surface area contributed by atoms with E-state index in [0.29, 0.717) is 18.4 Å². The third-order valence-electron chi connectivity index (χ3n) is 5.43. The Kier molecular flexibility index (Phi) is 5.74. The summed E-state index contributed by atoms with van der Waals surface area (Å²) in [4.78, 5) is 11.2. The Bertz CT molecular complexity index is 508. The highest BCUT2D eigenvalue weighted by molar-refractivity contribution is 5.74. The van der Waals surface area contributed by atoms with Gasteiger partial charge in [-0.2, -0.15) is 0 Å². The molecule has 0 spiro atoms. The molecule has 3 aliphatic rings. The topological polar surface area (TPSA) is 146 Å². The number of aliphatic hydroxyl groups is 5. The van der Waals surface area contributed by atoms with Gasteiger partial charge < -0.3 is 39.7 Å². The summed E-state index contributed by atoms with van der Waals surface area (Å²) < 4.78 is 16.5. The van der Waals surface area contributed by atoms with Gasteiger partial charge in [-0.3, -0.25) is 4.79 Å². The summed E-state index contributed by atoms with van der Waals surface area (Å²) in [5.41, 5.74) is 0.495. The molecule has 1 saturated carbocycles. The Hall–Kier alpha value is -1.07. The van der Waals surface area contributed by atoms with E-state index in [4.69, 9.17) is 14.2 Å². The molecule has 0 bridgehead atoms. The zero-order valence-corrected chi connectivity index (χ0v) is 13.5. The smallest absolute Gasteiger partial charge is 0.205 e. The van der Waals surface area contributed by atoms with Crippen LogP contribution in [0.2, 0.25) is 0 Å². The number of carbonyl (C=O) groups excluding carboxylic acids is 1. The third-order valence-corrected chi connectivity index (χ3v) is 5.43. The largest absolute Gasteiger partial charge is 0.472 e. The lowest BCUT2D eigenvalue weighted by Crippen LogP contribution is -2.60. The maximum atomic E-state index is 11.2. The summed E-state index contributed by atoms with van der Waals surface area (Å²) in [6.07, 6.45) is -4.42. The zero-order valence-electron chi connectivity index (χ0n) is 13.5. The van der Waals surface area contributed by atoms with Gasteiger partial charge in [0.25, 0.3) is 0 Å².